The lowest BCUT2D eigenvalue weighted by Crippen LogP contribution is -2.45. The first kappa shape index (κ1) is 13.3. The second kappa shape index (κ2) is 6.19. The number of nitriles is 1. The molecule has 18 heavy (non-hydrogen) atoms. The Morgan fingerprint density at radius 3 is 3.06 bits per heavy atom. The van der Waals surface area contributed by atoms with Crippen molar-refractivity contribution in [3.05, 3.63) is 28.2 Å². The van der Waals surface area contributed by atoms with Crippen LogP contribution in [0.4, 0.5) is 0 Å². The van der Waals surface area contributed by atoms with Gasteiger partial charge in [0.05, 0.1) is 11.7 Å². The number of rotatable bonds is 3. The van der Waals surface area contributed by atoms with Crippen molar-refractivity contribution in [2.24, 2.45) is 0 Å². The van der Waals surface area contributed by atoms with Gasteiger partial charge in [0, 0.05) is 17.6 Å². The maximum Gasteiger partial charge on any atom is 0.120 e. The molecular formula is C13H15BrN2O2. The van der Waals surface area contributed by atoms with Gasteiger partial charge in [-0.15, -0.1) is 0 Å². The van der Waals surface area contributed by atoms with Crippen LogP contribution in [0.2, 0.25) is 0 Å². The van der Waals surface area contributed by atoms with E-state index < -0.39 is 0 Å². The predicted molar refractivity (Wildman–Crippen MR) is 71.6 cm³/mol. The molecule has 2 atom stereocenters. The summed E-state index contributed by atoms with van der Waals surface area (Å²) in [6, 6.07) is 7.43. The van der Waals surface area contributed by atoms with Crippen LogP contribution in [0.25, 0.3) is 0 Å². The maximum absolute atomic E-state index is 8.82. The highest BCUT2D eigenvalue weighted by Crippen LogP contribution is 2.22. The van der Waals surface area contributed by atoms with E-state index in [9.17, 15) is 0 Å². The first-order valence-corrected chi connectivity index (χ1v) is 6.67. The van der Waals surface area contributed by atoms with Crippen molar-refractivity contribution in [3.63, 3.8) is 0 Å². The Labute approximate surface area is 115 Å². The molecule has 1 aromatic rings. The van der Waals surface area contributed by atoms with Crippen molar-refractivity contribution in [3.8, 4) is 11.8 Å². The Morgan fingerprint density at radius 1 is 1.56 bits per heavy atom. The van der Waals surface area contributed by atoms with Gasteiger partial charge in [0.15, 0.2) is 0 Å². The molecule has 1 aliphatic rings. The Morgan fingerprint density at radius 2 is 2.39 bits per heavy atom. The molecule has 0 aliphatic carbocycles. The highest BCUT2D eigenvalue weighted by Gasteiger charge is 2.19. The molecule has 0 saturated carbocycles. The van der Waals surface area contributed by atoms with Gasteiger partial charge < -0.3 is 14.8 Å². The van der Waals surface area contributed by atoms with Crippen molar-refractivity contribution < 1.29 is 9.47 Å². The minimum absolute atomic E-state index is 0.0724. The van der Waals surface area contributed by atoms with Crippen LogP contribution >= 0.6 is 15.9 Å². The number of nitrogens with zero attached hydrogens (tertiary/aromatic N) is 1. The van der Waals surface area contributed by atoms with Crippen LogP contribution in [0.5, 0.6) is 5.75 Å². The van der Waals surface area contributed by atoms with Gasteiger partial charge in [-0.2, -0.15) is 5.26 Å². The van der Waals surface area contributed by atoms with Gasteiger partial charge in [0.2, 0.25) is 0 Å². The Kier molecular flexibility index (Phi) is 4.59. The first-order chi connectivity index (χ1) is 8.69. The average molecular weight is 311 g/mol. The summed E-state index contributed by atoms with van der Waals surface area (Å²) in [7, 11) is 0. The summed E-state index contributed by atoms with van der Waals surface area (Å²) in [5, 5.41) is 12.1. The quantitative estimate of drug-likeness (QED) is 0.928. The van der Waals surface area contributed by atoms with Crippen molar-refractivity contribution in [2.45, 2.75) is 19.1 Å². The molecule has 2 unspecified atom stereocenters. The zero-order chi connectivity index (χ0) is 13.0. The maximum atomic E-state index is 8.82. The normalized spacial score (nSPS) is 23.4. The summed E-state index contributed by atoms with van der Waals surface area (Å²) in [6.07, 6.45) is 0.295. The van der Waals surface area contributed by atoms with E-state index >= 15 is 0 Å². The van der Waals surface area contributed by atoms with Gasteiger partial charge in [-0.25, -0.2) is 0 Å². The van der Waals surface area contributed by atoms with Gasteiger partial charge in [-0.05, 0) is 41.1 Å². The van der Waals surface area contributed by atoms with Crippen LogP contribution < -0.4 is 10.1 Å². The molecular weight excluding hydrogens is 296 g/mol. The van der Waals surface area contributed by atoms with E-state index in [2.05, 4.69) is 27.3 Å². The van der Waals surface area contributed by atoms with Gasteiger partial charge in [0.25, 0.3) is 0 Å². The highest BCUT2D eigenvalue weighted by atomic mass is 79.9. The van der Waals surface area contributed by atoms with Crippen LogP contribution in [0.3, 0.4) is 0 Å². The Balaban J connectivity index is 1.90. The molecule has 0 aromatic heterocycles. The second-order valence-electron chi connectivity index (χ2n) is 4.29. The van der Waals surface area contributed by atoms with E-state index in [0.717, 1.165) is 23.3 Å². The molecule has 1 saturated heterocycles. The molecule has 0 spiro atoms. The van der Waals surface area contributed by atoms with Gasteiger partial charge >= 0.3 is 0 Å². The van der Waals surface area contributed by atoms with Crippen LogP contribution in [0, 0.1) is 11.3 Å². The average Bonchev–Trinajstić information content (AvgIpc) is 2.37. The van der Waals surface area contributed by atoms with E-state index in [4.69, 9.17) is 14.7 Å². The molecule has 1 aliphatic heterocycles. The van der Waals surface area contributed by atoms with Crippen molar-refractivity contribution in [1.29, 1.82) is 5.26 Å². The Bertz CT molecular complexity index is 459. The smallest absolute Gasteiger partial charge is 0.120 e. The summed E-state index contributed by atoms with van der Waals surface area (Å²) in [4.78, 5) is 0. The standard InChI is InChI=1S/C13H15BrN2O2/c1-9-6-16-7-12(18-9)8-17-11-3-2-10(5-15)13(14)4-11/h2-4,9,12,16H,6-8H2,1H3. The molecule has 0 amide bonds. The fraction of sp³-hybridized carbons (Fsp3) is 0.462. The molecule has 1 aromatic carbocycles. The summed E-state index contributed by atoms with van der Waals surface area (Å²) in [5.74, 6) is 0.739. The summed E-state index contributed by atoms with van der Waals surface area (Å²) < 4.78 is 12.1. The molecule has 5 heteroatoms. The molecule has 2 rings (SSSR count). The number of ether oxygens (including phenoxy) is 2. The lowest BCUT2D eigenvalue weighted by Gasteiger charge is -2.28. The van der Waals surface area contributed by atoms with Gasteiger partial charge in [-0.1, -0.05) is 0 Å². The molecule has 0 radical (unpaired) electrons. The molecule has 4 nitrogen and oxygen atoms in total. The number of nitrogens with one attached hydrogen (secondary N) is 1. The van der Waals surface area contributed by atoms with E-state index in [1.54, 1.807) is 18.2 Å². The molecule has 1 N–H and O–H groups in total. The number of benzene rings is 1. The third kappa shape index (κ3) is 3.45. The van der Waals surface area contributed by atoms with E-state index in [-0.39, 0.29) is 12.2 Å². The molecule has 1 heterocycles. The lowest BCUT2D eigenvalue weighted by molar-refractivity contribution is -0.0470. The van der Waals surface area contributed by atoms with Gasteiger partial charge in [0.1, 0.15) is 24.5 Å². The third-order valence-electron chi connectivity index (χ3n) is 2.73. The molecule has 96 valence electrons. The number of hydrogen-bond donors (Lipinski definition) is 1. The van der Waals surface area contributed by atoms with E-state index in [0.29, 0.717) is 12.2 Å². The van der Waals surface area contributed by atoms with Crippen LogP contribution in [-0.4, -0.2) is 31.9 Å². The van der Waals surface area contributed by atoms with Crippen molar-refractivity contribution in [2.75, 3.05) is 19.7 Å². The van der Waals surface area contributed by atoms with Gasteiger partial charge in [-0.3, -0.25) is 0 Å². The fourth-order valence-corrected chi connectivity index (χ4v) is 2.28. The monoisotopic (exact) mass is 310 g/mol. The van der Waals surface area contributed by atoms with Crippen molar-refractivity contribution in [1.82, 2.24) is 5.32 Å². The first-order valence-electron chi connectivity index (χ1n) is 5.87. The minimum Gasteiger partial charge on any atom is -0.491 e. The number of hydrogen-bond acceptors (Lipinski definition) is 4. The molecule has 1 fully saturated rings. The second-order valence-corrected chi connectivity index (χ2v) is 5.15. The summed E-state index contributed by atoms with van der Waals surface area (Å²) >= 11 is 3.34. The van der Waals surface area contributed by atoms with E-state index in [1.807, 2.05) is 6.92 Å². The van der Waals surface area contributed by atoms with Crippen LogP contribution in [-0.2, 0) is 4.74 Å². The predicted octanol–water partition coefficient (Wildman–Crippen LogP) is 2.08. The largest absolute Gasteiger partial charge is 0.491 e. The topological polar surface area (TPSA) is 54.3 Å². The minimum atomic E-state index is 0.0724. The number of halogens is 1. The summed E-state index contributed by atoms with van der Waals surface area (Å²) in [6.45, 7) is 4.24. The fourth-order valence-electron chi connectivity index (χ4n) is 1.84. The SMILES string of the molecule is CC1CNCC(COc2ccc(C#N)c(Br)c2)O1. The number of morpholine rings is 1. The van der Waals surface area contributed by atoms with Crippen LogP contribution in [0.1, 0.15) is 12.5 Å². The Hall–Kier alpha value is -1.09. The summed E-state index contributed by atoms with van der Waals surface area (Å²) in [5.41, 5.74) is 0.603. The van der Waals surface area contributed by atoms with Crippen LogP contribution in [0.15, 0.2) is 22.7 Å². The van der Waals surface area contributed by atoms with Crippen molar-refractivity contribution >= 4 is 15.9 Å². The zero-order valence-corrected chi connectivity index (χ0v) is 11.7. The molecule has 0 bridgehead atoms. The lowest BCUT2D eigenvalue weighted by atomic mass is 10.2. The zero-order valence-electron chi connectivity index (χ0n) is 10.1. The van der Waals surface area contributed by atoms with E-state index in [1.165, 1.54) is 0 Å². The highest BCUT2D eigenvalue weighted by molar-refractivity contribution is 9.10. The third-order valence-corrected chi connectivity index (χ3v) is 3.38.